The van der Waals surface area contributed by atoms with Crippen LogP contribution < -0.4 is 14.2 Å². The molecule has 6 nitrogen and oxygen atoms in total. The molecule has 0 aliphatic carbocycles. The van der Waals surface area contributed by atoms with Crippen LogP contribution in [0.25, 0.3) is 10.2 Å². The van der Waals surface area contributed by atoms with Gasteiger partial charge in [-0.25, -0.2) is 4.39 Å². The van der Waals surface area contributed by atoms with E-state index in [2.05, 4.69) is 4.98 Å². The van der Waals surface area contributed by atoms with Crippen molar-refractivity contribution in [3.63, 3.8) is 0 Å². The molecule has 1 aliphatic rings. The first-order valence-corrected chi connectivity index (χ1v) is 10.1. The maximum atomic E-state index is 13.8. The Morgan fingerprint density at radius 1 is 1.14 bits per heavy atom. The van der Waals surface area contributed by atoms with Gasteiger partial charge in [-0.15, -0.1) is 0 Å². The predicted molar refractivity (Wildman–Crippen MR) is 109 cm³/mol. The van der Waals surface area contributed by atoms with Crippen LogP contribution in [0.3, 0.4) is 0 Å². The van der Waals surface area contributed by atoms with Crippen LogP contribution in [0.15, 0.2) is 36.4 Å². The minimum atomic E-state index is -0.346. The molecule has 2 heterocycles. The molecule has 8 heteroatoms. The summed E-state index contributed by atoms with van der Waals surface area (Å²) >= 11 is 1.33. The van der Waals surface area contributed by atoms with Gasteiger partial charge in [-0.05, 0) is 24.3 Å². The zero-order chi connectivity index (χ0) is 20.4. The molecule has 0 unspecified atom stereocenters. The molecule has 152 valence electrons. The number of ether oxygens (including phenoxy) is 3. The SMILES string of the molecule is COc1cccc(C(=O)N2CCC(Oc3nc4c(F)cccc4s3)CC2)c1OC. The summed E-state index contributed by atoms with van der Waals surface area (Å²) in [6.45, 7) is 1.12. The Kier molecular flexibility index (Phi) is 5.53. The first kappa shape index (κ1) is 19.4. The molecular weight excluding hydrogens is 395 g/mol. The molecule has 2 aromatic carbocycles. The summed E-state index contributed by atoms with van der Waals surface area (Å²) in [6, 6.07) is 10.2. The number of methoxy groups -OCH3 is 2. The van der Waals surface area contributed by atoms with Crippen LogP contribution in [-0.2, 0) is 0 Å². The van der Waals surface area contributed by atoms with Gasteiger partial charge in [-0.2, -0.15) is 4.98 Å². The van der Waals surface area contributed by atoms with E-state index in [0.717, 1.165) is 4.70 Å². The lowest BCUT2D eigenvalue weighted by Crippen LogP contribution is -2.41. The van der Waals surface area contributed by atoms with Crippen molar-refractivity contribution in [2.24, 2.45) is 0 Å². The number of halogens is 1. The first-order chi connectivity index (χ1) is 14.1. The highest BCUT2D eigenvalue weighted by atomic mass is 32.1. The highest BCUT2D eigenvalue weighted by molar-refractivity contribution is 7.20. The van der Waals surface area contributed by atoms with Crippen LogP contribution >= 0.6 is 11.3 Å². The van der Waals surface area contributed by atoms with Crippen LogP contribution in [0.1, 0.15) is 23.2 Å². The number of amides is 1. The molecule has 0 N–H and O–H groups in total. The topological polar surface area (TPSA) is 60.9 Å². The second kappa shape index (κ2) is 8.24. The molecule has 0 atom stereocenters. The number of piperidine rings is 1. The molecule has 1 saturated heterocycles. The maximum absolute atomic E-state index is 13.8. The third-order valence-corrected chi connectivity index (χ3v) is 5.89. The Labute approximate surface area is 171 Å². The number of aromatic nitrogens is 1. The van der Waals surface area contributed by atoms with Gasteiger partial charge in [0.1, 0.15) is 17.4 Å². The highest BCUT2D eigenvalue weighted by Gasteiger charge is 2.28. The number of fused-ring (bicyclic) bond motifs is 1. The summed E-state index contributed by atoms with van der Waals surface area (Å²) in [5, 5.41) is 0.462. The van der Waals surface area contributed by atoms with Gasteiger partial charge in [0, 0.05) is 25.9 Å². The fourth-order valence-electron chi connectivity index (χ4n) is 3.49. The molecule has 29 heavy (non-hydrogen) atoms. The van der Waals surface area contributed by atoms with E-state index < -0.39 is 0 Å². The molecule has 1 amide bonds. The summed E-state index contributed by atoms with van der Waals surface area (Å²) in [5.41, 5.74) is 0.818. The molecule has 1 fully saturated rings. The Hall–Kier alpha value is -2.87. The molecule has 0 spiro atoms. The van der Waals surface area contributed by atoms with E-state index in [-0.39, 0.29) is 17.8 Å². The molecule has 4 rings (SSSR count). The predicted octanol–water partition coefficient (Wildman–Crippen LogP) is 4.14. The lowest BCUT2D eigenvalue weighted by Gasteiger charge is -2.32. The zero-order valence-electron chi connectivity index (χ0n) is 16.2. The van der Waals surface area contributed by atoms with Crippen LogP contribution in [0.2, 0.25) is 0 Å². The van der Waals surface area contributed by atoms with Crippen molar-refractivity contribution < 1.29 is 23.4 Å². The standard InChI is InChI=1S/C21H21FN2O4S/c1-26-16-7-3-5-14(19(16)27-2)20(25)24-11-9-13(10-12-24)28-21-23-18-15(22)6-4-8-17(18)29-21/h3-8,13H,9-12H2,1-2H3. The van der Waals surface area contributed by atoms with Crippen LogP contribution in [0, 0.1) is 5.82 Å². The van der Waals surface area contributed by atoms with Gasteiger partial charge in [-0.3, -0.25) is 4.79 Å². The minimum absolute atomic E-state index is 0.0603. The van der Waals surface area contributed by atoms with E-state index in [1.165, 1.54) is 24.5 Å². The van der Waals surface area contributed by atoms with E-state index in [9.17, 15) is 9.18 Å². The molecule has 0 bridgehead atoms. The van der Waals surface area contributed by atoms with Crippen molar-refractivity contribution in [1.82, 2.24) is 9.88 Å². The molecule has 1 aliphatic heterocycles. The number of nitrogens with zero attached hydrogens (tertiary/aromatic N) is 2. The second-order valence-corrected chi connectivity index (χ2v) is 7.71. The summed E-state index contributed by atoms with van der Waals surface area (Å²) in [6.07, 6.45) is 1.29. The summed E-state index contributed by atoms with van der Waals surface area (Å²) in [4.78, 5) is 19.0. The lowest BCUT2D eigenvalue weighted by atomic mass is 10.1. The molecular formula is C21H21FN2O4S. The van der Waals surface area contributed by atoms with E-state index in [4.69, 9.17) is 14.2 Å². The average Bonchev–Trinajstić information content (AvgIpc) is 3.17. The number of likely N-dealkylation sites (tertiary alicyclic amines) is 1. The van der Waals surface area contributed by atoms with Gasteiger partial charge in [0.25, 0.3) is 11.1 Å². The van der Waals surface area contributed by atoms with Crippen LogP contribution in [0.5, 0.6) is 16.7 Å². The quantitative estimate of drug-likeness (QED) is 0.626. The number of hydrogen-bond donors (Lipinski definition) is 0. The van der Waals surface area contributed by atoms with Crippen molar-refractivity contribution in [2.45, 2.75) is 18.9 Å². The Morgan fingerprint density at radius 2 is 1.90 bits per heavy atom. The van der Waals surface area contributed by atoms with Gasteiger partial charge < -0.3 is 19.1 Å². The molecule has 3 aromatic rings. The summed E-state index contributed by atoms with van der Waals surface area (Å²) in [7, 11) is 3.07. The number of benzene rings is 2. The zero-order valence-corrected chi connectivity index (χ0v) is 17.0. The number of rotatable bonds is 5. The first-order valence-electron chi connectivity index (χ1n) is 9.32. The average molecular weight is 416 g/mol. The lowest BCUT2D eigenvalue weighted by molar-refractivity contribution is 0.0592. The van der Waals surface area contributed by atoms with Crippen molar-refractivity contribution in [2.75, 3.05) is 27.3 Å². The monoisotopic (exact) mass is 416 g/mol. The maximum Gasteiger partial charge on any atom is 0.274 e. The fraction of sp³-hybridized carbons (Fsp3) is 0.333. The number of carbonyl (C=O) groups excluding carboxylic acids is 1. The molecule has 0 saturated carbocycles. The third-order valence-electron chi connectivity index (χ3n) is 4.98. The summed E-state index contributed by atoms with van der Waals surface area (Å²) < 4.78 is 31.2. The fourth-order valence-corrected chi connectivity index (χ4v) is 4.39. The van der Waals surface area contributed by atoms with Gasteiger partial charge in [0.15, 0.2) is 11.5 Å². The van der Waals surface area contributed by atoms with E-state index in [1.54, 1.807) is 36.3 Å². The van der Waals surface area contributed by atoms with Gasteiger partial charge in [-0.1, -0.05) is 23.5 Å². The number of para-hydroxylation sites is 2. The van der Waals surface area contributed by atoms with Crippen molar-refractivity contribution in [1.29, 1.82) is 0 Å². The smallest absolute Gasteiger partial charge is 0.274 e. The molecule has 0 radical (unpaired) electrons. The van der Waals surface area contributed by atoms with E-state index in [0.29, 0.717) is 53.7 Å². The van der Waals surface area contributed by atoms with E-state index in [1.807, 2.05) is 6.07 Å². The molecule has 1 aromatic heterocycles. The largest absolute Gasteiger partial charge is 0.493 e. The van der Waals surface area contributed by atoms with Gasteiger partial charge in [0.05, 0.1) is 24.5 Å². The van der Waals surface area contributed by atoms with Crippen molar-refractivity contribution >= 4 is 27.5 Å². The summed E-state index contributed by atoms with van der Waals surface area (Å²) in [5.74, 6) is 0.525. The Bertz CT molecular complexity index is 1030. The number of carbonyl (C=O) groups is 1. The highest BCUT2D eigenvalue weighted by Crippen LogP contribution is 2.33. The second-order valence-electron chi connectivity index (χ2n) is 6.72. The number of thiazole rings is 1. The van der Waals surface area contributed by atoms with Crippen molar-refractivity contribution in [3.05, 3.63) is 47.8 Å². The van der Waals surface area contributed by atoms with Crippen LogP contribution in [0.4, 0.5) is 4.39 Å². The number of hydrogen-bond acceptors (Lipinski definition) is 6. The Balaban J connectivity index is 1.41. The van der Waals surface area contributed by atoms with E-state index >= 15 is 0 Å². The van der Waals surface area contributed by atoms with Gasteiger partial charge >= 0.3 is 0 Å². The normalized spacial score (nSPS) is 14.8. The van der Waals surface area contributed by atoms with Gasteiger partial charge in [0.2, 0.25) is 0 Å². The van der Waals surface area contributed by atoms with Crippen molar-refractivity contribution in [3.8, 4) is 16.7 Å². The minimum Gasteiger partial charge on any atom is -0.493 e. The Morgan fingerprint density at radius 3 is 2.59 bits per heavy atom. The third kappa shape index (κ3) is 3.85. The van der Waals surface area contributed by atoms with Crippen LogP contribution in [-0.4, -0.2) is 49.2 Å².